The normalized spacial score (nSPS) is 10.9. The molecule has 0 saturated heterocycles. The van der Waals surface area contributed by atoms with Crippen molar-refractivity contribution in [2.24, 2.45) is 0 Å². The number of hydrogen-bond acceptors (Lipinski definition) is 4. The van der Waals surface area contributed by atoms with E-state index >= 15 is 0 Å². The molecule has 1 N–H and O–H groups in total. The number of hydrogen-bond donors (Lipinski definition) is 1. The molecule has 118 valence electrons. The van der Waals surface area contributed by atoms with Gasteiger partial charge in [-0.05, 0) is 31.2 Å². The average Bonchev–Trinajstić information content (AvgIpc) is 3.02. The first-order valence-corrected chi connectivity index (χ1v) is 8.31. The lowest BCUT2D eigenvalue weighted by atomic mass is 10.2. The van der Waals surface area contributed by atoms with E-state index in [0.29, 0.717) is 11.6 Å². The zero-order valence-electron chi connectivity index (χ0n) is 12.9. The van der Waals surface area contributed by atoms with Gasteiger partial charge in [0.2, 0.25) is 0 Å². The Kier molecular flexibility index (Phi) is 3.74. The molecule has 0 aliphatic heterocycles. The molecule has 0 aliphatic carbocycles. The summed E-state index contributed by atoms with van der Waals surface area (Å²) in [5.74, 6) is 2.07. The van der Waals surface area contributed by atoms with E-state index in [1.165, 1.54) is 0 Å². The number of rotatable bonds is 3. The Balaban J connectivity index is 1.80. The molecule has 0 amide bonds. The van der Waals surface area contributed by atoms with Gasteiger partial charge in [-0.2, -0.15) is 9.50 Å². The number of fused-ring (bicyclic) bond motifs is 1. The van der Waals surface area contributed by atoms with Crippen molar-refractivity contribution in [1.82, 2.24) is 19.6 Å². The molecule has 2 aromatic heterocycles. The Labute approximate surface area is 147 Å². The van der Waals surface area contributed by atoms with Gasteiger partial charge in [-0.15, -0.1) is 5.10 Å². The molecule has 4 rings (SSSR count). The Bertz CT molecular complexity index is 993. The molecule has 0 bridgehead atoms. The molecule has 5 nitrogen and oxygen atoms in total. The maximum atomic E-state index is 4.61. The highest BCUT2D eigenvalue weighted by Crippen LogP contribution is 2.22. The van der Waals surface area contributed by atoms with Crippen molar-refractivity contribution >= 4 is 33.2 Å². The molecule has 0 radical (unpaired) electrons. The van der Waals surface area contributed by atoms with Crippen molar-refractivity contribution in [3.8, 4) is 11.4 Å². The summed E-state index contributed by atoms with van der Waals surface area (Å²) in [7, 11) is 0. The third-order valence-corrected chi connectivity index (χ3v) is 4.12. The molecule has 4 aromatic rings. The highest BCUT2D eigenvalue weighted by molar-refractivity contribution is 9.10. The minimum Gasteiger partial charge on any atom is -0.340 e. The van der Waals surface area contributed by atoms with Crippen molar-refractivity contribution < 1.29 is 0 Å². The van der Waals surface area contributed by atoms with Crippen LogP contribution in [-0.4, -0.2) is 19.6 Å². The lowest BCUT2D eigenvalue weighted by Gasteiger charge is -2.08. The summed E-state index contributed by atoms with van der Waals surface area (Å²) < 4.78 is 2.77. The average molecular weight is 380 g/mol. The number of aromatic nitrogens is 4. The molecule has 24 heavy (non-hydrogen) atoms. The molecule has 0 spiro atoms. The van der Waals surface area contributed by atoms with E-state index in [1.807, 2.05) is 67.6 Å². The summed E-state index contributed by atoms with van der Waals surface area (Å²) in [6, 6.07) is 19.8. The first kappa shape index (κ1) is 14.8. The smallest absolute Gasteiger partial charge is 0.254 e. The highest BCUT2D eigenvalue weighted by atomic mass is 79.9. The third kappa shape index (κ3) is 2.88. The number of nitrogens with one attached hydrogen (secondary N) is 1. The summed E-state index contributed by atoms with van der Waals surface area (Å²) in [6.45, 7) is 1.95. The maximum Gasteiger partial charge on any atom is 0.254 e. The van der Waals surface area contributed by atoms with Gasteiger partial charge in [0.05, 0.1) is 0 Å². The quantitative estimate of drug-likeness (QED) is 0.564. The summed E-state index contributed by atoms with van der Waals surface area (Å²) in [4.78, 5) is 9.03. The van der Waals surface area contributed by atoms with Gasteiger partial charge in [-0.25, -0.2) is 4.98 Å². The predicted octanol–water partition coefficient (Wildman–Crippen LogP) is 4.61. The molecule has 0 unspecified atom stereocenters. The minimum absolute atomic E-state index is 0.577. The van der Waals surface area contributed by atoms with E-state index in [1.54, 1.807) is 4.52 Å². The highest BCUT2D eigenvalue weighted by Gasteiger charge is 2.11. The van der Waals surface area contributed by atoms with E-state index in [0.717, 1.165) is 27.2 Å². The largest absolute Gasteiger partial charge is 0.340 e. The van der Waals surface area contributed by atoms with Gasteiger partial charge >= 0.3 is 0 Å². The monoisotopic (exact) mass is 379 g/mol. The Morgan fingerprint density at radius 1 is 0.958 bits per heavy atom. The Hall–Kier alpha value is -2.73. The van der Waals surface area contributed by atoms with Crippen molar-refractivity contribution in [3.63, 3.8) is 0 Å². The first-order chi connectivity index (χ1) is 11.7. The number of benzene rings is 2. The van der Waals surface area contributed by atoms with Crippen LogP contribution in [0.25, 0.3) is 17.2 Å². The van der Waals surface area contributed by atoms with E-state index < -0.39 is 0 Å². The van der Waals surface area contributed by atoms with Crippen LogP contribution < -0.4 is 5.32 Å². The molecule has 0 fully saturated rings. The number of nitrogens with zero attached hydrogens (tertiary/aromatic N) is 4. The fourth-order valence-corrected chi connectivity index (χ4v) is 2.73. The van der Waals surface area contributed by atoms with E-state index in [2.05, 4.69) is 36.3 Å². The lowest BCUT2D eigenvalue weighted by molar-refractivity contribution is 0.940. The van der Waals surface area contributed by atoms with Crippen LogP contribution in [0.4, 0.5) is 11.5 Å². The molecule has 0 atom stereocenters. The topological polar surface area (TPSA) is 55.1 Å². The van der Waals surface area contributed by atoms with Gasteiger partial charge in [-0.1, -0.05) is 46.3 Å². The minimum atomic E-state index is 0.577. The number of halogens is 1. The van der Waals surface area contributed by atoms with E-state index in [4.69, 9.17) is 0 Å². The van der Waals surface area contributed by atoms with E-state index in [9.17, 15) is 0 Å². The van der Waals surface area contributed by atoms with Crippen LogP contribution in [0.2, 0.25) is 0 Å². The third-order valence-electron chi connectivity index (χ3n) is 3.59. The van der Waals surface area contributed by atoms with Crippen molar-refractivity contribution in [2.75, 3.05) is 5.32 Å². The number of anilines is 2. The lowest BCUT2D eigenvalue weighted by Crippen LogP contribution is -2.02. The second-order valence-corrected chi connectivity index (χ2v) is 6.34. The second-order valence-electron chi connectivity index (χ2n) is 5.43. The summed E-state index contributed by atoms with van der Waals surface area (Å²) >= 11 is 3.45. The molecule has 2 heterocycles. The van der Waals surface area contributed by atoms with Gasteiger partial charge in [0.1, 0.15) is 5.82 Å². The molecular formula is C18H14BrN5. The fourth-order valence-electron chi connectivity index (χ4n) is 2.47. The number of aryl methyl sites for hydroxylation is 1. The molecule has 6 heteroatoms. The SMILES string of the molecule is Cc1cc(Nc2ccc(Br)cc2)n2nc(-c3ccccc3)nc2n1. The van der Waals surface area contributed by atoms with Crippen LogP contribution in [0.3, 0.4) is 0 Å². The maximum absolute atomic E-state index is 4.61. The van der Waals surface area contributed by atoms with Crippen LogP contribution in [-0.2, 0) is 0 Å². The van der Waals surface area contributed by atoms with Crippen LogP contribution in [0.15, 0.2) is 65.1 Å². The van der Waals surface area contributed by atoms with Crippen LogP contribution in [0.5, 0.6) is 0 Å². The zero-order chi connectivity index (χ0) is 16.5. The molecule has 2 aromatic carbocycles. The van der Waals surface area contributed by atoms with Crippen LogP contribution in [0.1, 0.15) is 5.69 Å². The molecule has 0 aliphatic rings. The Morgan fingerprint density at radius 3 is 2.46 bits per heavy atom. The van der Waals surface area contributed by atoms with Crippen molar-refractivity contribution in [3.05, 3.63) is 70.8 Å². The predicted molar refractivity (Wildman–Crippen MR) is 98.4 cm³/mol. The second kappa shape index (κ2) is 6.05. The van der Waals surface area contributed by atoms with Gasteiger partial charge < -0.3 is 5.32 Å². The van der Waals surface area contributed by atoms with Gasteiger partial charge in [0.25, 0.3) is 5.78 Å². The molecular weight excluding hydrogens is 366 g/mol. The van der Waals surface area contributed by atoms with E-state index in [-0.39, 0.29) is 0 Å². The first-order valence-electron chi connectivity index (χ1n) is 7.51. The zero-order valence-corrected chi connectivity index (χ0v) is 14.5. The van der Waals surface area contributed by atoms with Gasteiger partial charge in [0.15, 0.2) is 5.82 Å². The van der Waals surface area contributed by atoms with Crippen LogP contribution >= 0.6 is 15.9 Å². The van der Waals surface area contributed by atoms with Gasteiger partial charge in [0, 0.05) is 27.5 Å². The fraction of sp³-hybridized carbons (Fsp3) is 0.0556. The summed E-state index contributed by atoms with van der Waals surface area (Å²) in [6.07, 6.45) is 0. The Morgan fingerprint density at radius 2 is 1.71 bits per heavy atom. The summed E-state index contributed by atoms with van der Waals surface area (Å²) in [5.41, 5.74) is 2.83. The molecule has 0 saturated carbocycles. The van der Waals surface area contributed by atoms with Gasteiger partial charge in [-0.3, -0.25) is 0 Å². The van der Waals surface area contributed by atoms with Crippen molar-refractivity contribution in [2.45, 2.75) is 6.92 Å². The van der Waals surface area contributed by atoms with Crippen LogP contribution in [0, 0.1) is 6.92 Å². The summed E-state index contributed by atoms with van der Waals surface area (Å²) in [5, 5.41) is 7.99. The standard InChI is InChI=1S/C18H14BrN5/c1-12-11-16(21-15-9-7-14(19)8-10-15)24-18(20-12)22-17(23-24)13-5-3-2-4-6-13/h2-11,21H,1H3. The van der Waals surface area contributed by atoms with Crippen molar-refractivity contribution in [1.29, 1.82) is 0 Å².